The third-order valence-electron chi connectivity index (χ3n) is 1.77. The minimum Gasteiger partial charge on any atom is -0.507 e. The molecule has 3 nitrogen and oxygen atoms in total. The van der Waals surface area contributed by atoms with Crippen LogP contribution in [0.25, 0.3) is 0 Å². The van der Waals surface area contributed by atoms with Gasteiger partial charge in [0, 0.05) is 12.1 Å². The van der Waals surface area contributed by atoms with E-state index < -0.39 is 5.82 Å². The first-order valence-corrected chi connectivity index (χ1v) is 5.23. The molecule has 14 heavy (non-hydrogen) atoms. The maximum Gasteiger partial charge on any atom is 0.145 e. The van der Waals surface area contributed by atoms with Gasteiger partial charge in [0.2, 0.25) is 0 Å². The Labute approximate surface area is 86.2 Å². The number of aromatic hydroxyl groups is 1. The van der Waals surface area contributed by atoms with Gasteiger partial charge in [-0.25, -0.2) is 4.39 Å². The number of hydrogen-bond donors (Lipinski definition) is 2. The maximum absolute atomic E-state index is 13.6. The van der Waals surface area contributed by atoms with E-state index >= 15 is 0 Å². The summed E-state index contributed by atoms with van der Waals surface area (Å²) in [5.41, 5.74) is 3.01. The summed E-state index contributed by atoms with van der Waals surface area (Å²) >= 11 is 1.18. The predicted octanol–water partition coefficient (Wildman–Crippen LogP) is 1.90. The third-order valence-corrected chi connectivity index (χ3v) is 2.56. The molecule has 0 radical (unpaired) electrons. The molecule has 0 unspecified atom stereocenters. The van der Waals surface area contributed by atoms with Gasteiger partial charge in [0.15, 0.2) is 0 Å². The van der Waals surface area contributed by atoms with Crippen molar-refractivity contribution >= 4 is 11.8 Å². The molecule has 0 spiro atoms. The van der Waals surface area contributed by atoms with Crippen LogP contribution in [0.2, 0.25) is 0 Å². The van der Waals surface area contributed by atoms with Crippen LogP contribution in [-0.2, 0) is 11.4 Å². The van der Waals surface area contributed by atoms with Crippen LogP contribution >= 0.6 is 11.8 Å². The Balaban J connectivity index is 2.96. The molecule has 1 aromatic carbocycles. The van der Waals surface area contributed by atoms with E-state index in [0.29, 0.717) is 5.56 Å². The fourth-order valence-corrected chi connectivity index (χ4v) is 1.65. The molecule has 1 aromatic rings. The van der Waals surface area contributed by atoms with Gasteiger partial charge in [0.1, 0.15) is 11.6 Å². The number of phenols is 1. The summed E-state index contributed by atoms with van der Waals surface area (Å²) < 4.78 is 13.6. The molecule has 78 valence electrons. The lowest BCUT2D eigenvalue weighted by Crippen LogP contribution is -2.12. The Morgan fingerprint density at radius 1 is 1.57 bits per heavy atom. The highest BCUT2D eigenvalue weighted by Gasteiger charge is 2.11. The van der Waals surface area contributed by atoms with E-state index in [9.17, 15) is 9.50 Å². The number of thioether (sulfide) groups is 1. The summed E-state index contributed by atoms with van der Waals surface area (Å²) in [5.74, 6) is -0.432. The molecular weight excluding hydrogens is 205 g/mol. The molecule has 0 aromatic heterocycles. The monoisotopic (exact) mass is 217 g/mol. The van der Waals surface area contributed by atoms with Crippen molar-refractivity contribution in [2.45, 2.75) is 11.4 Å². The molecule has 0 aliphatic heterocycles. The normalized spacial score (nSPS) is 10.5. The molecular formula is C9H12FNO2S. The van der Waals surface area contributed by atoms with Crippen molar-refractivity contribution in [1.82, 2.24) is 5.48 Å². The van der Waals surface area contributed by atoms with Crippen LogP contribution in [0, 0.1) is 5.82 Å². The second-order valence-electron chi connectivity index (χ2n) is 2.62. The highest BCUT2D eigenvalue weighted by atomic mass is 32.2. The number of hydroxylamine groups is 1. The van der Waals surface area contributed by atoms with Crippen LogP contribution in [0.1, 0.15) is 5.56 Å². The number of phenolic OH excluding ortho intramolecular Hbond substituents is 1. The minimum atomic E-state index is -0.401. The smallest absolute Gasteiger partial charge is 0.145 e. The van der Waals surface area contributed by atoms with Crippen LogP contribution < -0.4 is 5.48 Å². The van der Waals surface area contributed by atoms with Crippen molar-refractivity contribution < 1.29 is 14.3 Å². The van der Waals surface area contributed by atoms with Crippen molar-refractivity contribution in [3.8, 4) is 5.75 Å². The van der Waals surface area contributed by atoms with Gasteiger partial charge in [0.05, 0.1) is 12.0 Å². The van der Waals surface area contributed by atoms with Crippen LogP contribution in [0.15, 0.2) is 17.0 Å². The van der Waals surface area contributed by atoms with Gasteiger partial charge in [-0.05, 0) is 12.3 Å². The molecule has 0 bridgehead atoms. The summed E-state index contributed by atoms with van der Waals surface area (Å²) in [7, 11) is 1.47. The second-order valence-corrected chi connectivity index (χ2v) is 3.43. The number of rotatable bonds is 4. The summed E-state index contributed by atoms with van der Waals surface area (Å²) in [6.45, 7) is 0.274. The SMILES string of the molecule is CONCc1ccc(O)c(SC)c1F. The number of nitrogens with one attached hydrogen (secondary N) is 1. The van der Waals surface area contributed by atoms with Gasteiger partial charge in [-0.2, -0.15) is 5.48 Å². The quantitative estimate of drug-likeness (QED) is 0.597. The highest BCUT2D eigenvalue weighted by Crippen LogP contribution is 2.31. The molecule has 0 heterocycles. The van der Waals surface area contributed by atoms with E-state index in [4.69, 9.17) is 0 Å². The van der Waals surface area contributed by atoms with E-state index in [1.807, 2.05) is 0 Å². The first-order chi connectivity index (χ1) is 6.70. The van der Waals surface area contributed by atoms with Gasteiger partial charge in [-0.15, -0.1) is 11.8 Å². The zero-order valence-electron chi connectivity index (χ0n) is 8.00. The summed E-state index contributed by atoms with van der Waals surface area (Å²) in [6, 6.07) is 3.00. The Kier molecular flexibility index (Phi) is 4.19. The van der Waals surface area contributed by atoms with Crippen molar-refractivity contribution in [3.63, 3.8) is 0 Å². The number of halogens is 1. The molecule has 0 atom stereocenters. The second kappa shape index (κ2) is 5.19. The first-order valence-electron chi connectivity index (χ1n) is 4.01. The maximum atomic E-state index is 13.6. The summed E-state index contributed by atoms with van der Waals surface area (Å²) in [6.07, 6.45) is 1.71. The van der Waals surface area contributed by atoms with Crippen LogP contribution in [-0.4, -0.2) is 18.5 Å². The van der Waals surface area contributed by atoms with Crippen LogP contribution in [0.4, 0.5) is 4.39 Å². The lowest BCUT2D eigenvalue weighted by atomic mass is 10.2. The molecule has 0 aliphatic carbocycles. The van der Waals surface area contributed by atoms with Gasteiger partial charge >= 0.3 is 0 Å². The fraction of sp³-hybridized carbons (Fsp3) is 0.333. The average molecular weight is 217 g/mol. The lowest BCUT2D eigenvalue weighted by molar-refractivity contribution is 0.0858. The Bertz CT molecular complexity index is 320. The molecule has 0 saturated heterocycles. The molecule has 2 N–H and O–H groups in total. The van der Waals surface area contributed by atoms with E-state index in [1.54, 1.807) is 6.26 Å². The lowest BCUT2D eigenvalue weighted by Gasteiger charge is -2.08. The highest BCUT2D eigenvalue weighted by molar-refractivity contribution is 7.98. The molecule has 1 rings (SSSR count). The molecule has 0 aliphatic rings. The van der Waals surface area contributed by atoms with Gasteiger partial charge < -0.3 is 9.94 Å². The van der Waals surface area contributed by atoms with Gasteiger partial charge in [0.25, 0.3) is 0 Å². The molecule has 0 fully saturated rings. The first kappa shape index (κ1) is 11.3. The number of benzene rings is 1. The molecule has 0 saturated carbocycles. The van der Waals surface area contributed by atoms with Crippen molar-refractivity contribution in [2.75, 3.05) is 13.4 Å². The van der Waals surface area contributed by atoms with E-state index in [0.717, 1.165) is 0 Å². The van der Waals surface area contributed by atoms with E-state index in [1.165, 1.54) is 31.0 Å². The zero-order chi connectivity index (χ0) is 10.6. The van der Waals surface area contributed by atoms with Crippen LogP contribution in [0.3, 0.4) is 0 Å². The van der Waals surface area contributed by atoms with E-state index in [-0.39, 0.29) is 17.2 Å². The van der Waals surface area contributed by atoms with Gasteiger partial charge in [-0.1, -0.05) is 6.07 Å². The van der Waals surface area contributed by atoms with E-state index in [2.05, 4.69) is 10.3 Å². The summed E-state index contributed by atoms with van der Waals surface area (Å²) in [5, 5.41) is 9.33. The molecule has 5 heteroatoms. The Morgan fingerprint density at radius 2 is 2.29 bits per heavy atom. The third kappa shape index (κ3) is 2.37. The zero-order valence-corrected chi connectivity index (χ0v) is 8.82. The van der Waals surface area contributed by atoms with Crippen LogP contribution in [0.5, 0.6) is 5.75 Å². The predicted molar refractivity (Wildman–Crippen MR) is 53.7 cm³/mol. The van der Waals surface area contributed by atoms with Gasteiger partial charge in [-0.3, -0.25) is 0 Å². The summed E-state index contributed by atoms with van der Waals surface area (Å²) in [4.78, 5) is 4.88. The molecule has 0 amide bonds. The van der Waals surface area contributed by atoms with Crippen molar-refractivity contribution in [1.29, 1.82) is 0 Å². The fourth-order valence-electron chi connectivity index (χ4n) is 1.07. The van der Waals surface area contributed by atoms with Crippen molar-refractivity contribution in [2.24, 2.45) is 0 Å². The topological polar surface area (TPSA) is 41.5 Å². The Morgan fingerprint density at radius 3 is 2.86 bits per heavy atom. The largest absolute Gasteiger partial charge is 0.507 e. The average Bonchev–Trinajstić information content (AvgIpc) is 2.18. The minimum absolute atomic E-state index is 0.0313. The Hall–Kier alpha value is -0.780. The number of hydrogen-bond acceptors (Lipinski definition) is 4. The van der Waals surface area contributed by atoms with Crippen molar-refractivity contribution in [3.05, 3.63) is 23.5 Å². The standard InChI is InChI=1S/C9H12FNO2S/c1-13-11-5-6-3-4-7(12)9(14-2)8(6)10/h3-4,11-12H,5H2,1-2H3.